The van der Waals surface area contributed by atoms with Crippen molar-refractivity contribution in [3.63, 3.8) is 0 Å². The van der Waals surface area contributed by atoms with E-state index in [0.717, 1.165) is 25.8 Å². The van der Waals surface area contributed by atoms with Crippen LogP contribution in [0.3, 0.4) is 0 Å². The Labute approximate surface area is 114 Å². The summed E-state index contributed by atoms with van der Waals surface area (Å²) in [6.07, 6.45) is 7.46. The molecule has 2 atom stereocenters. The van der Waals surface area contributed by atoms with E-state index in [-0.39, 0.29) is 12.1 Å². The minimum atomic E-state index is -0.182. The van der Waals surface area contributed by atoms with Crippen LogP contribution in [0.2, 0.25) is 0 Å². The number of aliphatic hydroxyl groups is 1. The van der Waals surface area contributed by atoms with Crippen LogP contribution in [0.15, 0.2) is 30.5 Å². The minimum absolute atomic E-state index is 0.182. The van der Waals surface area contributed by atoms with Crippen molar-refractivity contribution in [1.82, 2.24) is 10.3 Å². The lowest BCUT2D eigenvalue weighted by atomic mass is 10.1. The molecule has 0 aliphatic heterocycles. The largest absolute Gasteiger partial charge is 0.392 e. The molecular formula is C16H22N2O. The van der Waals surface area contributed by atoms with Crippen molar-refractivity contribution in [2.24, 2.45) is 0 Å². The van der Waals surface area contributed by atoms with Crippen LogP contribution in [0, 0.1) is 0 Å². The van der Waals surface area contributed by atoms with Gasteiger partial charge in [-0.15, -0.1) is 0 Å². The number of rotatable bonds is 3. The maximum absolute atomic E-state index is 10.1. The highest BCUT2D eigenvalue weighted by atomic mass is 16.3. The van der Waals surface area contributed by atoms with Crippen LogP contribution < -0.4 is 5.32 Å². The number of aliphatic hydroxyl groups excluding tert-OH is 1. The molecule has 0 radical (unpaired) electrons. The number of H-pyrrole nitrogens is 1. The summed E-state index contributed by atoms with van der Waals surface area (Å²) >= 11 is 0. The number of fused-ring (bicyclic) bond motifs is 1. The average Bonchev–Trinajstić information content (AvgIpc) is 2.79. The first-order valence-corrected chi connectivity index (χ1v) is 7.30. The van der Waals surface area contributed by atoms with Crippen molar-refractivity contribution in [2.75, 3.05) is 0 Å². The van der Waals surface area contributed by atoms with Gasteiger partial charge in [-0.25, -0.2) is 0 Å². The average molecular weight is 258 g/mol. The first kappa shape index (κ1) is 12.7. The van der Waals surface area contributed by atoms with E-state index in [2.05, 4.69) is 34.6 Å². The molecule has 1 aromatic heterocycles. The molecule has 2 unspecified atom stereocenters. The third kappa shape index (κ3) is 2.99. The Kier molecular flexibility index (Phi) is 3.85. The lowest BCUT2D eigenvalue weighted by Gasteiger charge is -2.21. The van der Waals surface area contributed by atoms with Gasteiger partial charge in [0.15, 0.2) is 0 Å². The lowest BCUT2D eigenvalue weighted by molar-refractivity contribution is 0.119. The maximum atomic E-state index is 10.1. The molecule has 0 bridgehead atoms. The monoisotopic (exact) mass is 258 g/mol. The molecular weight excluding hydrogens is 236 g/mol. The number of nitrogens with one attached hydrogen (secondary N) is 2. The molecule has 1 saturated carbocycles. The standard InChI is InChI=1S/C16H22N2O/c19-16-5-3-1-2-4-15(16)18-11-12-6-7-14-13(10-12)8-9-17-14/h6-10,15-19H,1-5,11H2. The van der Waals surface area contributed by atoms with Gasteiger partial charge in [-0.3, -0.25) is 0 Å². The Morgan fingerprint density at radius 2 is 2.05 bits per heavy atom. The van der Waals surface area contributed by atoms with Crippen LogP contribution >= 0.6 is 0 Å². The summed E-state index contributed by atoms with van der Waals surface area (Å²) in [6.45, 7) is 0.836. The zero-order valence-electron chi connectivity index (χ0n) is 11.2. The molecule has 3 N–H and O–H groups in total. The number of aromatic amines is 1. The summed E-state index contributed by atoms with van der Waals surface area (Å²) in [7, 11) is 0. The van der Waals surface area contributed by atoms with Crippen molar-refractivity contribution >= 4 is 10.9 Å². The molecule has 0 spiro atoms. The van der Waals surface area contributed by atoms with Gasteiger partial charge in [-0.2, -0.15) is 0 Å². The molecule has 1 aliphatic rings. The fourth-order valence-electron chi connectivity index (χ4n) is 2.99. The summed E-state index contributed by atoms with van der Waals surface area (Å²) in [5.74, 6) is 0. The van der Waals surface area contributed by atoms with Crippen LogP contribution in [0.1, 0.15) is 37.7 Å². The van der Waals surface area contributed by atoms with E-state index in [1.165, 1.54) is 29.3 Å². The van der Waals surface area contributed by atoms with Gasteiger partial charge in [-0.1, -0.05) is 25.3 Å². The van der Waals surface area contributed by atoms with Crippen LogP contribution in [0.4, 0.5) is 0 Å². The molecule has 3 heteroatoms. The molecule has 1 aromatic carbocycles. The Bertz CT molecular complexity index is 534. The molecule has 3 nitrogen and oxygen atoms in total. The van der Waals surface area contributed by atoms with Gasteiger partial charge in [0.05, 0.1) is 6.10 Å². The van der Waals surface area contributed by atoms with Crippen molar-refractivity contribution < 1.29 is 5.11 Å². The third-order valence-corrected chi connectivity index (χ3v) is 4.17. The van der Waals surface area contributed by atoms with Crippen LogP contribution in [-0.4, -0.2) is 22.2 Å². The van der Waals surface area contributed by atoms with Crippen LogP contribution in [-0.2, 0) is 6.54 Å². The highest BCUT2D eigenvalue weighted by molar-refractivity contribution is 5.79. The lowest BCUT2D eigenvalue weighted by Crippen LogP contribution is -2.38. The van der Waals surface area contributed by atoms with Crippen molar-refractivity contribution in [3.8, 4) is 0 Å². The number of benzene rings is 1. The molecule has 1 heterocycles. The van der Waals surface area contributed by atoms with Crippen LogP contribution in [0.25, 0.3) is 10.9 Å². The first-order chi connectivity index (χ1) is 9.33. The predicted octanol–water partition coefficient (Wildman–Crippen LogP) is 2.95. The summed E-state index contributed by atoms with van der Waals surface area (Å²) in [5, 5.41) is 14.9. The Morgan fingerprint density at radius 1 is 1.16 bits per heavy atom. The summed E-state index contributed by atoms with van der Waals surface area (Å²) < 4.78 is 0. The van der Waals surface area contributed by atoms with Gasteiger partial charge in [0, 0.05) is 24.3 Å². The molecule has 19 heavy (non-hydrogen) atoms. The normalized spacial score (nSPS) is 24.5. The van der Waals surface area contributed by atoms with E-state index in [1.54, 1.807) is 0 Å². The zero-order chi connectivity index (χ0) is 13.1. The van der Waals surface area contributed by atoms with E-state index >= 15 is 0 Å². The second-order valence-corrected chi connectivity index (χ2v) is 5.59. The molecule has 1 fully saturated rings. The van der Waals surface area contributed by atoms with Crippen molar-refractivity contribution in [2.45, 2.75) is 50.8 Å². The van der Waals surface area contributed by atoms with E-state index in [9.17, 15) is 5.11 Å². The third-order valence-electron chi connectivity index (χ3n) is 4.17. The Balaban J connectivity index is 1.64. The summed E-state index contributed by atoms with van der Waals surface area (Å²) in [5.41, 5.74) is 2.46. The Hall–Kier alpha value is -1.32. The topological polar surface area (TPSA) is 48.0 Å². The SMILES string of the molecule is OC1CCCCCC1NCc1ccc2[nH]ccc2c1. The van der Waals surface area contributed by atoms with Crippen molar-refractivity contribution in [1.29, 1.82) is 0 Å². The maximum Gasteiger partial charge on any atom is 0.0693 e. The highest BCUT2D eigenvalue weighted by Gasteiger charge is 2.20. The minimum Gasteiger partial charge on any atom is -0.392 e. The molecule has 1 aliphatic carbocycles. The van der Waals surface area contributed by atoms with E-state index in [0.29, 0.717) is 0 Å². The second kappa shape index (κ2) is 5.76. The second-order valence-electron chi connectivity index (χ2n) is 5.59. The molecule has 0 amide bonds. The van der Waals surface area contributed by atoms with Gasteiger partial charge < -0.3 is 15.4 Å². The van der Waals surface area contributed by atoms with Gasteiger partial charge in [-0.05, 0) is 42.0 Å². The highest BCUT2D eigenvalue weighted by Crippen LogP contribution is 2.19. The number of hydrogen-bond donors (Lipinski definition) is 3. The first-order valence-electron chi connectivity index (χ1n) is 7.30. The fourth-order valence-corrected chi connectivity index (χ4v) is 2.99. The van der Waals surface area contributed by atoms with E-state index < -0.39 is 0 Å². The molecule has 0 saturated heterocycles. The molecule has 2 aromatic rings. The quantitative estimate of drug-likeness (QED) is 0.741. The van der Waals surface area contributed by atoms with Gasteiger partial charge in [0.1, 0.15) is 0 Å². The summed E-state index contributed by atoms with van der Waals surface area (Å²) in [4.78, 5) is 3.21. The van der Waals surface area contributed by atoms with E-state index in [4.69, 9.17) is 0 Å². The predicted molar refractivity (Wildman–Crippen MR) is 78.0 cm³/mol. The van der Waals surface area contributed by atoms with Crippen molar-refractivity contribution in [3.05, 3.63) is 36.0 Å². The van der Waals surface area contributed by atoms with Gasteiger partial charge in [0.2, 0.25) is 0 Å². The summed E-state index contributed by atoms with van der Waals surface area (Å²) in [6, 6.07) is 8.83. The molecule has 3 rings (SSSR count). The Morgan fingerprint density at radius 3 is 3.00 bits per heavy atom. The number of hydrogen-bond acceptors (Lipinski definition) is 2. The van der Waals surface area contributed by atoms with E-state index in [1.807, 2.05) is 6.20 Å². The number of aromatic nitrogens is 1. The van der Waals surface area contributed by atoms with Crippen LogP contribution in [0.5, 0.6) is 0 Å². The van der Waals surface area contributed by atoms with Gasteiger partial charge in [0.25, 0.3) is 0 Å². The zero-order valence-corrected chi connectivity index (χ0v) is 11.2. The molecule has 102 valence electrons. The smallest absolute Gasteiger partial charge is 0.0693 e. The fraction of sp³-hybridized carbons (Fsp3) is 0.500. The van der Waals surface area contributed by atoms with Gasteiger partial charge >= 0.3 is 0 Å².